The van der Waals surface area contributed by atoms with Crippen molar-refractivity contribution in [2.45, 2.75) is 25.2 Å². The smallest absolute Gasteiger partial charge is 0.263 e. The minimum Gasteiger partial charge on any atom is -0.300 e. The SMILES string of the molecule is CC[C@H](C)C(=O)Nc1nnc(NS(=O)(=O)c2ccccc2)s1. The standard InChI is InChI=1S/C13H16N4O3S2/c1-3-9(2)11(18)14-12-15-16-13(21-12)17-22(19,20)10-7-5-4-6-8-10/h4-9H,3H2,1-2H3,(H,16,17)(H,14,15,18)/t9-/m0/s1. The Bertz CT molecular complexity index is 744. The molecule has 9 heteroatoms. The van der Waals surface area contributed by atoms with Crippen LogP contribution in [0.3, 0.4) is 0 Å². The van der Waals surface area contributed by atoms with Crippen molar-refractivity contribution in [1.82, 2.24) is 10.2 Å². The van der Waals surface area contributed by atoms with Gasteiger partial charge in [-0.15, -0.1) is 10.2 Å². The lowest BCUT2D eigenvalue weighted by atomic mass is 10.1. The van der Waals surface area contributed by atoms with Crippen molar-refractivity contribution < 1.29 is 13.2 Å². The minimum absolute atomic E-state index is 0.100. The predicted molar refractivity (Wildman–Crippen MR) is 85.2 cm³/mol. The molecule has 7 nitrogen and oxygen atoms in total. The van der Waals surface area contributed by atoms with Crippen LogP contribution in [0.4, 0.5) is 10.3 Å². The fraction of sp³-hybridized carbons (Fsp3) is 0.308. The van der Waals surface area contributed by atoms with Gasteiger partial charge in [0.2, 0.25) is 16.2 Å². The maximum atomic E-state index is 12.1. The molecule has 0 spiro atoms. The van der Waals surface area contributed by atoms with Crippen molar-refractivity contribution in [2.75, 3.05) is 10.0 Å². The molecule has 1 aromatic heterocycles. The summed E-state index contributed by atoms with van der Waals surface area (Å²) in [6.45, 7) is 3.71. The van der Waals surface area contributed by atoms with Crippen LogP contribution in [-0.4, -0.2) is 24.5 Å². The second-order valence-electron chi connectivity index (χ2n) is 4.63. The van der Waals surface area contributed by atoms with Crippen molar-refractivity contribution >= 4 is 37.5 Å². The summed E-state index contributed by atoms with van der Waals surface area (Å²) in [6.07, 6.45) is 0.706. The topological polar surface area (TPSA) is 101 Å². The average molecular weight is 340 g/mol. The molecule has 2 rings (SSSR count). The zero-order valence-corrected chi connectivity index (χ0v) is 13.7. The van der Waals surface area contributed by atoms with E-state index in [1.54, 1.807) is 25.1 Å². The summed E-state index contributed by atoms with van der Waals surface area (Å²) >= 11 is 0.966. The molecule has 0 aliphatic rings. The van der Waals surface area contributed by atoms with Gasteiger partial charge in [0.1, 0.15) is 0 Å². The Morgan fingerprint density at radius 1 is 1.23 bits per heavy atom. The average Bonchev–Trinajstić information content (AvgIpc) is 2.93. The highest BCUT2D eigenvalue weighted by atomic mass is 32.2. The lowest BCUT2D eigenvalue weighted by Crippen LogP contribution is -2.19. The first kappa shape index (κ1) is 16.4. The molecule has 0 saturated heterocycles. The molecule has 22 heavy (non-hydrogen) atoms. The van der Waals surface area contributed by atoms with Gasteiger partial charge in [0.25, 0.3) is 10.0 Å². The van der Waals surface area contributed by atoms with Crippen molar-refractivity contribution in [3.05, 3.63) is 30.3 Å². The maximum Gasteiger partial charge on any atom is 0.263 e. The van der Waals surface area contributed by atoms with E-state index in [0.29, 0.717) is 6.42 Å². The van der Waals surface area contributed by atoms with E-state index in [9.17, 15) is 13.2 Å². The Hall–Kier alpha value is -2.00. The highest BCUT2D eigenvalue weighted by Gasteiger charge is 2.18. The Morgan fingerprint density at radius 2 is 1.86 bits per heavy atom. The van der Waals surface area contributed by atoms with Gasteiger partial charge in [0, 0.05) is 5.92 Å². The molecule has 0 saturated carbocycles. The third kappa shape index (κ3) is 4.01. The van der Waals surface area contributed by atoms with Gasteiger partial charge in [0.15, 0.2) is 0 Å². The number of benzene rings is 1. The Labute approximate surface area is 132 Å². The molecule has 0 aliphatic carbocycles. The second-order valence-corrected chi connectivity index (χ2v) is 7.29. The Morgan fingerprint density at radius 3 is 2.50 bits per heavy atom. The van der Waals surface area contributed by atoms with Crippen molar-refractivity contribution in [3.63, 3.8) is 0 Å². The van der Waals surface area contributed by atoms with Crippen molar-refractivity contribution in [3.8, 4) is 0 Å². The number of amides is 1. The van der Waals surface area contributed by atoms with Gasteiger partial charge in [-0.3, -0.25) is 9.52 Å². The van der Waals surface area contributed by atoms with E-state index in [0.717, 1.165) is 11.3 Å². The molecule has 2 N–H and O–H groups in total. The summed E-state index contributed by atoms with van der Waals surface area (Å²) in [5.74, 6) is -0.315. The largest absolute Gasteiger partial charge is 0.300 e. The maximum absolute atomic E-state index is 12.1. The zero-order chi connectivity index (χ0) is 16.2. The van der Waals surface area contributed by atoms with Crippen LogP contribution in [0.25, 0.3) is 0 Å². The first-order valence-electron chi connectivity index (χ1n) is 6.64. The monoisotopic (exact) mass is 340 g/mol. The van der Waals surface area contributed by atoms with E-state index < -0.39 is 10.0 Å². The number of carbonyl (C=O) groups excluding carboxylic acids is 1. The van der Waals surface area contributed by atoms with Crippen LogP contribution < -0.4 is 10.0 Å². The van der Waals surface area contributed by atoms with Gasteiger partial charge < -0.3 is 5.32 Å². The summed E-state index contributed by atoms with van der Waals surface area (Å²) in [7, 11) is -3.70. The summed E-state index contributed by atoms with van der Waals surface area (Å²) in [4.78, 5) is 11.9. The number of nitrogens with zero attached hydrogens (tertiary/aromatic N) is 2. The summed E-state index contributed by atoms with van der Waals surface area (Å²) < 4.78 is 26.6. The summed E-state index contributed by atoms with van der Waals surface area (Å²) in [5.41, 5.74) is 0. The molecule has 0 fully saturated rings. The number of rotatable bonds is 6. The molecule has 1 amide bonds. The molecule has 0 aliphatic heterocycles. The van der Waals surface area contributed by atoms with Crippen LogP contribution in [0.5, 0.6) is 0 Å². The Balaban J connectivity index is 2.08. The van der Waals surface area contributed by atoms with E-state index in [2.05, 4.69) is 20.2 Å². The summed E-state index contributed by atoms with van der Waals surface area (Å²) in [5, 5.41) is 10.5. The number of aromatic nitrogens is 2. The lowest BCUT2D eigenvalue weighted by Gasteiger charge is -2.06. The van der Waals surface area contributed by atoms with Gasteiger partial charge in [-0.1, -0.05) is 43.4 Å². The molecule has 118 valence electrons. The molecule has 1 atom stereocenters. The molecule has 0 unspecified atom stereocenters. The van der Waals surface area contributed by atoms with Gasteiger partial charge in [0.05, 0.1) is 4.90 Å². The van der Waals surface area contributed by atoms with Gasteiger partial charge >= 0.3 is 0 Å². The van der Waals surface area contributed by atoms with Crippen LogP contribution in [0.2, 0.25) is 0 Å². The van der Waals surface area contributed by atoms with E-state index in [-0.39, 0.29) is 27.0 Å². The van der Waals surface area contributed by atoms with E-state index in [1.807, 2.05) is 6.92 Å². The number of sulfonamides is 1. The lowest BCUT2D eigenvalue weighted by molar-refractivity contribution is -0.119. The van der Waals surface area contributed by atoms with Gasteiger partial charge in [-0.2, -0.15) is 0 Å². The fourth-order valence-electron chi connectivity index (χ4n) is 1.50. The number of hydrogen-bond acceptors (Lipinski definition) is 6. The highest BCUT2D eigenvalue weighted by molar-refractivity contribution is 7.93. The Kier molecular flexibility index (Phi) is 5.09. The van der Waals surface area contributed by atoms with Gasteiger partial charge in [-0.25, -0.2) is 8.42 Å². The molecular weight excluding hydrogens is 324 g/mol. The van der Waals surface area contributed by atoms with E-state index in [4.69, 9.17) is 0 Å². The molecule has 1 aromatic carbocycles. The van der Waals surface area contributed by atoms with Gasteiger partial charge in [-0.05, 0) is 18.6 Å². The predicted octanol–water partition coefficient (Wildman–Crippen LogP) is 2.32. The van der Waals surface area contributed by atoms with E-state index in [1.165, 1.54) is 12.1 Å². The van der Waals surface area contributed by atoms with Crippen LogP contribution in [0.1, 0.15) is 20.3 Å². The number of hydrogen-bond donors (Lipinski definition) is 2. The zero-order valence-electron chi connectivity index (χ0n) is 12.1. The molecule has 2 aromatic rings. The van der Waals surface area contributed by atoms with Crippen LogP contribution in [-0.2, 0) is 14.8 Å². The van der Waals surface area contributed by atoms with E-state index >= 15 is 0 Å². The van der Waals surface area contributed by atoms with Crippen LogP contribution >= 0.6 is 11.3 Å². The molecule has 1 heterocycles. The number of nitrogens with one attached hydrogen (secondary N) is 2. The number of anilines is 2. The summed E-state index contributed by atoms with van der Waals surface area (Å²) in [6, 6.07) is 7.95. The normalized spacial score (nSPS) is 12.6. The molecule has 0 bridgehead atoms. The second kappa shape index (κ2) is 6.84. The van der Waals surface area contributed by atoms with Crippen LogP contribution in [0.15, 0.2) is 35.2 Å². The first-order chi connectivity index (χ1) is 10.4. The highest BCUT2D eigenvalue weighted by Crippen LogP contribution is 2.23. The quantitative estimate of drug-likeness (QED) is 0.840. The van der Waals surface area contributed by atoms with Crippen molar-refractivity contribution in [2.24, 2.45) is 5.92 Å². The third-order valence-electron chi connectivity index (χ3n) is 2.99. The first-order valence-corrected chi connectivity index (χ1v) is 8.94. The molecular formula is C13H16N4O3S2. The minimum atomic E-state index is -3.70. The number of carbonyl (C=O) groups is 1. The van der Waals surface area contributed by atoms with Crippen molar-refractivity contribution in [1.29, 1.82) is 0 Å². The van der Waals surface area contributed by atoms with Crippen LogP contribution in [0, 0.1) is 5.92 Å². The molecule has 0 radical (unpaired) electrons. The fourth-order valence-corrected chi connectivity index (χ4v) is 3.40. The third-order valence-corrected chi connectivity index (χ3v) is 5.23.